The normalized spacial score (nSPS) is 19.1. The van der Waals surface area contributed by atoms with Gasteiger partial charge in [-0.15, -0.1) is 0 Å². The lowest BCUT2D eigenvalue weighted by Crippen LogP contribution is -2.53. The van der Waals surface area contributed by atoms with Crippen molar-refractivity contribution in [3.63, 3.8) is 0 Å². The van der Waals surface area contributed by atoms with Gasteiger partial charge in [0.15, 0.2) is 0 Å². The summed E-state index contributed by atoms with van der Waals surface area (Å²) in [7, 11) is 0. The molecule has 3 heterocycles. The average Bonchev–Trinajstić information content (AvgIpc) is 3.22. The lowest BCUT2D eigenvalue weighted by Gasteiger charge is -2.38. The maximum Gasteiger partial charge on any atom is 0.257 e. The molecule has 2 fully saturated rings. The fraction of sp³-hybridized carbons (Fsp3) is 0.650. The van der Waals surface area contributed by atoms with Crippen LogP contribution in [-0.4, -0.2) is 84.3 Å². The van der Waals surface area contributed by atoms with Crippen molar-refractivity contribution in [2.45, 2.75) is 32.7 Å². The third kappa shape index (κ3) is 5.13. The minimum absolute atomic E-state index is 0.0239. The summed E-state index contributed by atoms with van der Waals surface area (Å²) in [6.45, 7) is 8.21. The molecule has 154 valence electrons. The molecule has 0 aliphatic carbocycles. The summed E-state index contributed by atoms with van der Waals surface area (Å²) < 4.78 is 4.98. The zero-order valence-corrected chi connectivity index (χ0v) is 16.7. The van der Waals surface area contributed by atoms with Crippen LogP contribution in [0.4, 0.5) is 0 Å². The van der Waals surface area contributed by atoms with Crippen molar-refractivity contribution in [1.82, 2.24) is 20.0 Å². The molecule has 8 heteroatoms. The number of hydrogen-bond acceptors (Lipinski definition) is 5. The van der Waals surface area contributed by atoms with Gasteiger partial charge in [-0.1, -0.05) is 0 Å². The summed E-state index contributed by atoms with van der Waals surface area (Å²) >= 11 is 0. The third-order valence-electron chi connectivity index (χ3n) is 5.40. The van der Waals surface area contributed by atoms with E-state index in [-0.39, 0.29) is 29.7 Å². The first-order valence-electron chi connectivity index (χ1n) is 10.1. The topological polar surface area (TPSA) is 86.1 Å². The molecule has 2 aliphatic heterocycles. The largest absolute Gasteiger partial charge is 0.472 e. The number of nitrogens with one attached hydrogen (secondary N) is 1. The van der Waals surface area contributed by atoms with Crippen molar-refractivity contribution in [2.75, 3.05) is 45.8 Å². The molecule has 3 rings (SSSR count). The average molecular weight is 390 g/mol. The SMILES string of the molecule is CC(C)NC(=O)CN1CCN(C(=O)C2CCN(C(=O)c3ccoc3)CC2)CC1. The Bertz CT molecular complexity index is 672. The first-order chi connectivity index (χ1) is 13.4. The van der Waals surface area contributed by atoms with Crippen LogP contribution in [0.3, 0.4) is 0 Å². The number of carbonyl (C=O) groups excluding carboxylic acids is 3. The Morgan fingerprint density at radius 2 is 1.75 bits per heavy atom. The van der Waals surface area contributed by atoms with Gasteiger partial charge in [0, 0.05) is 51.2 Å². The number of piperidine rings is 1. The maximum atomic E-state index is 12.8. The monoisotopic (exact) mass is 390 g/mol. The number of furan rings is 1. The molecule has 0 aromatic carbocycles. The number of piperazine rings is 1. The molecule has 1 aromatic heterocycles. The minimum atomic E-state index is -0.0343. The van der Waals surface area contributed by atoms with Gasteiger partial charge in [-0.3, -0.25) is 19.3 Å². The summed E-state index contributed by atoms with van der Waals surface area (Å²) in [5, 5.41) is 2.90. The maximum absolute atomic E-state index is 12.8. The molecular formula is C20H30N4O4. The fourth-order valence-corrected chi connectivity index (χ4v) is 3.85. The highest BCUT2D eigenvalue weighted by atomic mass is 16.3. The van der Waals surface area contributed by atoms with Crippen LogP contribution in [0.2, 0.25) is 0 Å². The molecule has 3 amide bonds. The Kier molecular flexibility index (Phi) is 6.72. The standard InChI is InChI=1S/C20H30N4O4/c1-15(2)21-18(25)13-22-8-10-24(11-9-22)19(26)16-3-6-23(7-4-16)20(27)17-5-12-28-14-17/h5,12,14-16H,3-4,6-11,13H2,1-2H3,(H,21,25). The van der Waals surface area contributed by atoms with Gasteiger partial charge in [-0.2, -0.15) is 0 Å². The van der Waals surface area contributed by atoms with Crippen LogP contribution >= 0.6 is 0 Å². The molecule has 28 heavy (non-hydrogen) atoms. The molecule has 0 atom stereocenters. The smallest absolute Gasteiger partial charge is 0.257 e. The van der Waals surface area contributed by atoms with Gasteiger partial charge in [-0.25, -0.2) is 0 Å². The Balaban J connectivity index is 1.41. The van der Waals surface area contributed by atoms with Crippen molar-refractivity contribution < 1.29 is 18.8 Å². The third-order valence-corrected chi connectivity index (χ3v) is 5.40. The van der Waals surface area contributed by atoms with E-state index in [4.69, 9.17) is 4.42 Å². The second-order valence-corrected chi connectivity index (χ2v) is 7.90. The predicted octanol–water partition coefficient (Wildman–Crippen LogP) is 0.801. The van der Waals surface area contributed by atoms with E-state index in [1.807, 2.05) is 18.7 Å². The molecular weight excluding hydrogens is 360 g/mol. The Labute approximate surface area is 165 Å². The van der Waals surface area contributed by atoms with Crippen molar-refractivity contribution in [3.05, 3.63) is 24.2 Å². The number of nitrogens with zero attached hydrogens (tertiary/aromatic N) is 3. The van der Waals surface area contributed by atoms with Gasteiger partial charge in [-0.05, 0) is 32.8 Å². The van der Waals surface area contributed by atoms with Crippen LogP contribution in [0.25, 0.3) is 0 Å². The van der Waals surface area contributed by atoms with Crippen LogP contribution < -0.4 is 5.32 Å². The van der Waals surface area contributed by atoms with E-state index in [0.717, 1.165) is 13.1 Å². The lowest BCUT2D eigenvalue weighted by atomic mass is 9.94. The van der Waals surface area contributed by atoms with Crippen molar-refractivity contribution in [1.29, 1.82) is 0 Å². The molecule has 2 saturated heterocycles. The van der Waals surface area contributed by atoms with E-state index in [1.165, 1.54) is 12.5 Å². The summed E-state index contributed by atoms with van der Waals surface area (Å²) in [4.78, 5) is 42.9. The molecule has 0 radical (unpaired) electrons. The van der Waals surface area contributed by atoms with Gasteiger partial charge < -0.3 is 19.5 Å². The summed E-state index contributed by atoms with van der Waals surface area (Å²) in [6, 6.07) is 1.81. The van der Waals surface area contributed by atoms with E-state index in [1.54, 1.807) is 11.0 Å². The Morgan fingerprint density at radius 1 is 1.07 bits per heavy atom. The van der Waals surface area contributed by atoms with E-state index >= 15 is 0 Å². The van der Waals surface area contributed by atoms with E-state index in [0.29, 0.717) is 51.1 Å². The van der Waals surface area contributed by atoms with E-state index in [2.05, 4.69) is 10.2 Å². The van der Waals surface area contributed by atoms with E-state index in [9.17, 15) is 14.4 Å². The van der Waals surface area contributed by atoms with Crippen LogP contribution in [0, 0.1) is 5.92 Å². The summed E-state index contributed by atoms with van der Waals surface area (Å²) in [5.41, 5.74) is 0.558. The lowest BCUT2D eigenvalue weighted by molar-refractivity contribution is -0.138. The zero-order chi connectivity index (χ0) is 20.1. The van der Waals surface area contributed by atoms with Crippen LogP contribution in [0.5, 0.6) is 0 Å². The summed E-state index contributed by atoms with van der Waals surface area (Å²) in [5.74, 6) is 0.156. The molecule has 8 nitrogen and oxygen atoms in total. The summed E-state index contributed by atoms with van der Waals surface area (Å²) in [6.07, 6.45) is 4.34. The second kappa shape index (κ2) is 9.23. The first kappa shape index (κ1) is 20.4. The number of carbonyl (C=O) groups is 3. The van der Waals surface area contributed by atoms with Gasteiger partial charge in [0.25, 0.3) is 5.91 Å². The molecule has 0 saturated carbocycles. The number of hydrogen-bond donors (Lipinski definition) is 1. The quantitative estimate of drug-likeness (QED) is 0.804. The molecule has 1 aromatic rings. The van der Waals surface area contributed by atoms with Crippen LogP contribution in [0.15, 0.2) is 23.0 Å². The molecule has 0 spiro atoms. The number of amides is 3. The first-order valence-corrected chi connectivity index (χ1v) is 10.1. The highest BCUT2D eigenvalue weighted by molar-refractivity contribution is 5.94. The van der Waals surface area contributed by atoms with E-state index < -0.39 is 0 Å². The van der Waals surface area contributed by atoms with Gasteiger partial charge in [0.2, 0.25) is 11.8 Å². The Hall–Kier alpha value is -2.35. The number of rotatable bonds is 5. The fourth-order valence-electron chi connectivity index (χ4n) is 3.85. The number of likely N-dealkylation sites (tertiary alicyclic amines) is 1. The molecule has 2 aliphatic rings. The van der Waals surface area contributed by atoms with Crippen LogP contribution in [-0.2, 0) is 9.59 Å². The van der Waals surface area contributed by atoms with Crippen LogP contribution in [0.1, 0.15) is 37.0 Å². The predicted molar refractivity (Wildman–Crippen MR) is 104 cm³/mol. The highest BCUT2D eigenvalue weighted by Gasteiger charge is 2.32. The van der Waals surface area contributed by atoms with Crippen molar-refractivity contribution in [2.24, 2.45) is 5.92 Å². The zero-order valence-electron chi connectivity index (χ0n) is 16.7. The Morgan fingerprint density at radius 3 is 2.32 bits per heavy atom. The van der Waals surface area contributed by atoms with Gasteiger partial charge in [0.05, 0.1) is 18.4 Å². The van der Waals surface area contributed by atoms with Crippen molar-refractivity contribution in [3.8, 4) is 0 Å². The highest BCUT2D eigenvalue weighted by Crippen LogP contribution is 2.22. The van der Waals surface area contributed by atoms with Gasteiger partial charge >= 0.3 is 0 Å². The molecule has 0 unspecified atom stereocenters. The molecule has 0 bridgehead atoms. The minimum Gasteiger partial charge on any atom is -0.472 e. The van der Waals surface area contributed by atoms with Crippen molar-refractivity contribution >= 4 is 17.7 Å². The molecule has 1 N–H and O–H groups in total. The second-order valence-electron chi connectivity index (χ2n) is 7.90. The van der Waals surface area contributed by atoms with Gasteiger partial charge in [0.1, 0.15) is 6.26 Å².